The van der Waals surface area contributed by atoms with Gasteiger partial charge in [-0.15, -0.1) is 0 Å². The second kappa shape index (κ2) is 8.13. The Bertz CT molecular complexity index is 406. The summed E-state index contributed by atoms with van der Waals surface area (Å²) in [7, 11) is 0. The van der Waals surface area contributed by atoms with Crippen molar-refractivity contribution in [3.05, 3.63) is 30.3 Å². The molecule has 0 spiro atoms. The van der Waals surface area contributed by atoms with E-state index in [0.29, 0.717) is 18.8 Å². The molecule has 5 nitrogen and oxygen atoms in total. The molecular formula is C14H20N2O3. The summed E-state index contributed by atoms with van der Waals surface area (Å²) in [6.45, 7) is 4.50. The van der Waals surface area contributed by atoms with Gasteiger partial charge in [0.25, 0.3) is 0 Å². The average molecular weight is 264 g/mol. The highest BCUT2D eigenvalue weighted by atomic mass is 16.5. The molecule has 0 saturated heterocycles. The number of urea groups is 1. The van der Waals surface area contributed by atoms with E-state index in [1.807, 2.05) is 25.1 Å². The van der Waals surface area contributed by atoms with Crippen molar-refractivity contribution in [3.63, 3.8) is 0 Å². The molecule has 0 radical (unpaired) electrons. The van der Waals surface area contributed by atoms with Crippen LogP contribution in [0.15, 0.2) is 30.3 Å². The molecule has 19 heavy (non-hydrogen) atoms. The molecule has 0 aliphatic heterocycles. The number of benzene rings is 1. The Hall–Kier alpha value is -2.04. The highest BCUT2D eigenvalue weighted by Gasteiger charge is 2.16. The van der Waals surface area contributed by atoms with Crippen molar-refractivity contribution in [3.8, 4) is 0 Å². The zero-order chi connectivity index (χ0) is 14.1. The summed E-state index contributed by atoms with van der Waals surface area (Å²) in [6, 6.07) is 8.86. The van der Waals surface area contributed by atoms with Crippen molar-refractivity contribution >= 4 is 17.7 Å². The molecule has 0 fully saturated rings. The maximum atomic E-state index is 12.0. The van der Waals surface area contributed by atoms with Crippen molar-refractivity contribution in [2.75, 3.05) is 25.0 Å². The van der Waals surface area contributed by atoms with Gasteiger partial charge in [0.2, 0.25) is 0 Å². The lowest BCUT2D eigenvalue weighted by Crippen LogP contribution is -2.39. The number of esters is 1. The summed E-state index contributed by atoms with van der Waals surface area (Å²) in [5.74, 6) is -0.390. The number of nitrogens with one attached hydrogen (secondary N) is 1. The molecule has 0 aromatic heterocycles. The van der Waals surface area contributed by atoms with Crippen LogP contribution >= 0.6 is 0 Å². The largest absolute Gasteiger partial charge is 0.465 e. The van der Waals surface area contributed by atoms with Crippen molar-refractivity contribution in [1.82, 2.24) is 4.90 Å². The van der Waals surface area contributed by atoms with Gasteiger partial charge in [-0.05, 0) is 25.5 Å². The first-order valence-electron chi connectivity index (χ1n) is 6.44. The van der Waals surface area contributed by atoms with Gasteiger partial charge in [0, 0.05) is 12.2 Å². The first-order chi connectivity index (χ1) is 9.17. The molecule has 0 atom stereocenters. The Morgan fingerprint density at radius 1 is 1.21 bits per heavy atom. The van der Waals surface area contributed by atoms with Crippen molar-refractivity contribution in [1.29, 1.82) is 0 Å². The van der Waals surface area contributed by atoms with Crippen molar-refractivity contribution < 1.29 is 14.3 Å². The highest BCUT2D eigenvalue weighted by Crippen LogP contribution is 2.07. The number of amides is 2. The number of carbonyl (C=O) groups is 2. The zero-order valence-electron chi connectivity index (χ0n) is 11.4. The van der Waals surface area contributed by atoms with Crippen LogP contribution in [0, 0.1) is 0 Å². The number of para-hydroxylation sites is 1. The van der Waals surface area contributed by atoms with Gasteiger partial charge in [0.1, 0.15) is 6.54 Å². The first kappa shape index (κ1) is 15.0. The Balaban J connectivity index is 2.59. The van der Waals surface area contributed by atoms with Gasteiger partial charge in [-0.1, -0.05) is 25.1 Å². The van der Waals surface area contributed by atoms with Gasteiger partial charge in [0.05, 0.1) is 6.61 Å². The van der Waals surface area contributed by atoms with E-state index < -0.39 is 0 Å². The second-order valence-electron chi connectivity index (χ2n) is 4.02. The maximum Gasteiger partial charge on any atom is 0.325 e. The van der Waals surface area contributed by atoms with E-state index in [9.17, 15) is 9.59 Å². The van der Waals surface area contributed by atoms with Gasteiger partial charge in [-0.2, -0.15) is 0 Å². The summed E-state index contributed by atoms with van der Waals surface area (Å²) in [5, 5.41) is 2.75. The van der Waals surface area contributed by atoms with Crippen LogP contribution in [0.3, 0.4) is 0 Å². The fourth-order valence-electron chi connectivity index (χ4n) is 1.61. The van der Waals surface area contributed by atoms with E-state index in [4.69, 9.17) is 4.74 Å². The number of hydrogen-bond acceptors (Lipinski definition) is 3. The van der Waals surface area contributed by atoms with E-state index in [2.05, 4.69) is 5.32 Å². The lowest BCUT2D eigenvalue weighted by Gasteiger charge is -2.21. The lowest BCUT2D eigenvalue weighted by molar-refractivity contribution is -0.143. The molecule has 0 aliphatic carbocycles. The average Bonchev–Trinajstić information content (AvgIpc) is 2.39. The van der Waals surface area contributed by atoms with Gasteiger partial charge < -0.3 is 15.0 Å². The molecule has 1 N–H and O–H groups in total. The Morgan fingerprint density at radius 2 is 1.89 bits per heavy atom. The van der Waals surface area contributed by atoms with Crippen LogP contribution in [0.1, 0.15) is 20.3 Å². The molecule has 0 bridgehead atoms. The number of carbonyl (C=O) groups excluding carboxylic acids is 2. The minimum Gasteiger partial charge on any atom is -0.465 e. The molecule has 0 heterocycles. The molecular weight excluding hydrogens is 244 g/mol. The van der Waals surface area contributed by atoms with Crippen molar-refractivity contribution in [2.45, 2.75) is 20.3 Å². The van der Waals surface area contributed by atoms with E-state index in [1.54, 1.807) is 19.1 Å². The summed E-state index contributed by atoms with van der Waals surface area (Å²) >= 11 is 0. The number of nitrogens with zero attached hydrogens (tertiary/aromatic N) is 1. The van der Waals surface area contributed by atoms with Crippen LogP contribution in [0.4, 0.5) is 10.5 Å². The van der Waals surface area contributed by atoms with E-state index in [-0.39, 0.29) is 18.5 Å². The highest BCUT2D eigenvalue weighted by molar-refractivity contribution is 5.91. The fourth-order valence-corrected chi connectivity index (χ4v) is 1.61. The standard InChI is InChI=1S/C14H20N2O3/c1-3-10-16(11-13(17)19-4-2)14(18)15-12-8-6-5-7-9-12/h5-9H,3-4,10-11H2,1-2H3,(H,15,18). The third-order valence-corrected chi connectivity index (χ3v) is 2.43. The minimum absolute atomic E-state index is 0.0274. The van der Waals surface area contributed by atoms with Crippen LogP contribution in [-0.2, 0) is 9.53 Å². The second-order valence-corrected chi connectivity index (χ2v) is 4.02. The van der Waals surface area contributed by atoms with Crippen molar-refractivity contribution in [2.24, 2.45) is 0 Å². The van der Waals surface area contributed by atoms with Crippen LogP contribution in [0.2, 0.25) is 0 Å². The minimum atomic E-state index is -0.390. The number of rotatable bonds is 6. The molecule has 0 aliphatic rings. The monoisotopic (exact) mass is 264 g/mol. The predicted molar refractivity (Wildman–Crippen MR) is 74.0 cm³/mol. The zero-order valence-corrected chi connectivity index (χ0v) is 11.4. The van der Waals surface area contributed by atoms with Gasteiger partial charge in [-0.25, -0.2) is 4.79 Å². The quantitative estimate of drug-likeness (QED) is 0.803. The van der Waals surface area contributed by atoms with E-state index in [0.717, 1.165) is 6.42 Å². The molecule has 104 valence electrons. The Morgan fingerprint density at radius 3 is 2.47 bits per heavy atom. The molecule has 2 amide bonds. The first-order valence-corrected chi connectivity index (χ1v) is 6.44. The van der Waals surface area contributed by atoms with Gasteiger partial charge in [-0.3, -0.25) is 4.79 Å². The summed E-state index contributed by atoms with van der Waals surface area (Å²) in [5.41, 5.74) is 0.706. The number of ether oxygens (including phenoxy) is 1. The Labute approximate surface area is 113 Å². The predicted octanol–water partition coefficient (Wildman–Crippen LogP) is 2.49. The topological polar surface area (TPSA) is 58.6 Å². The summed E-state index contributed by atoms with van der Waals surface area (Å²) in [6.07, 6.45) is 0.779. The van der Waals surface area contributed by atoms with Gasteiger partial charge >= 0.3 is 12.0 Å². The van der Waals surface area contributed by atoms with Crippen LogP contribution < -0.4 is 5.32 Å². The summed E-state index contributed by atoms with van der Waals surface area (Å²) in [4.78, 5) is 24.9. The smallest absolute Gasteiger partial charge is 0.325 e. The Kier molecular flexibility index (Phi) is 6.43. The normalized spacial score (nSPS) is 9.79. The molecule has 0 unspecified atom stereocenters. The summed E-state index contributed by atoms with van der Waals surface area (Å²) < 4.78 is 4.86. The molecule has 1 aromatic rings. The van der Waals surface area contributed by atoms with E-state index >= 15 is 0 Å². The van der Waals surface area contributed by atoms with Crippen LogP contribution in [-0.4, -0.2) is 36.6 Å². The maximum absolute atomic E-state index is 12.0. The molecule has 0 saturated carbocycles. The number of hydrogen-bond donors (Lipinski definition) is 1. The molecule has 1 aromatic carbocycles. The molecule has 1 rings (SSSR count). The van der Waals surface area contributed by atoms with E-state index in [1.165, 1.54) is 4.90 Å². The lowest BCUT2D eigenvalue weighted by atomic mass is 10.3. The number of anilines is 1. The molecule has 5 heteroatoms. The fraction of sp³-hybridized carbons (Fsp3) is 0.429. The SMILES string of the molecule is CCCN(CC(=O)OCC)C(=O)Nc1ccccc1. The third kappa shape index (κ3) is 5.42. The van der Waals surface area contributed by atoms with Crippen LogP contribution in [0.25, 0.3) is 0 Å². The van der Waals surface area contributed by atoms with Crippen LogP contribution in [0.5, 0.6) is 0 Å². The third-order valence-electron chi connectivity index (χ3n) is 2.43. The van der Waals surface area contributed by atoms with Gasteiger partial charge in [0.15, 0.2) is 0 Å².